The molecule has 1 saturated heterocycles. The summed E-state index contributed by atoms with van der Waals surface area (Å²) in [6, 6.07) is 11.7. The Morgan fingerprint density at radius 1 is 0.821 bits per heavy atom. The zero-order valence-corrected chi connectivity index (χ0v) is 16.1. The van der Waals surface area contributed by atoms with E-state index in [1.54, 1.807) is 26.4 Å². The predicted molar refractivity (Wildman–Crippen MR) is 102 cm³/mol. The van der Waals surface area contributed by atoms with Gasteiger partial charge in [-0.1, -0.05) is 24.3 Å². The maximum atomic E-state index is 13.2. The van der Waals surface area contributed by atoms with Crippen molar-refractivity contribution < 1.29 is 22.6 Å². The topological polar surface area (TPSA) is 24.9 Å². The van der Waals surface area contributed by atoms with Crippen molar-refractivity contribution >= 4 is 0 Å². The van der Waals surface area contributed by atoms with E-state index in [0.29, 0.717) is 23.6 Å². The van der Waals surface area contributed by atoms with Crippen LogP contribution in [0.1, 0.15) is 16.7 Å². The quantitative estimate of drug-likeness (QED) is 0.738. The normalized spacial score (nSPS) is 16.2. The number of ether oxygens (including phenoxy) is 2. The summed E-state index contributed by atoms with van der Waals surface area (Å²) in [5, 5.41) is 0. The number of benzene rings is 2. The van der Waals surface area contributed by atoms with Crippen molar-refractivity contribution in [2.45, 2.75) is 19.3 Å². The number of alkyl halides is 3. The Labute approximate surface area is 163 Å². The minimum atomic E-state index is -4.31. The van der Waals surface area contributed by atoms with Crippen LogP contribution in [0.15, 0.2) is 42.5 Å². The second-order valence-corrected chi connectivity index (χ2v) is 6.90. The van der Waals surface area contributed by atoms with Crippen molar-refractivity contribution in [3.05, 3.63) is 59.2 Å². The minimum Gasteiger partial charge on any atom is -0.493 e. The fraction of sp³-hybridized carbons (Fsp3) is 0.429. The molecule has 0 aromatic heterocycles. The minimum absolute atomic E-state index is 0.319. The summed E-state index contributed by atoms with van der Waals surface area (Å²) in [4.78, 5) is 4.38. The second kappa shape index (κ2) is 8.84. The van der Waals surface area contributed by atoms with Gasteiger partial charge in [-0.25, -0.2) is 0 Å². The van der Waals surface area contributed by atoms with Crippen LogP contribution in [-0.4, -0.2) is 50.2 Å². The monoisotopic (exact) mass is 394 g/mol. The molecule has 4 nitrogen and oxygen atoms in total. The first-order chi connectivity index (χ1) is 13.4. The van der Waals surface area contributed by atoms with Crippen molar-refractivity contribution in [1.29, 1.82) is 0 Å². The van der Waals surface area contributed by atoms with E-state index in [1.165, 1.54) is 6.07 Å². The molecule has 1 aliphatic heterocycles. The fourth-order valence-corrected chi connectivity index (χ4v) is 3.52. The lowest BCUT2D eigenvalue weighted by Gasteiger charge is -2.35. The highest BCUT2D eigenvalue weighted by atomic mass is 19.4. The van der Waals surface area contributed by atoms with Crippen molar-refractivity contribution in [2.24, 2.45) is 0 Å². The van der Waals surface area contributed by atoms with E-state index in [1.807, 2.05) is 18.2 Å². The fourth-order valence-electron chi connectivity index (χ4n) is 3.52. The largest absolute Gasteiger partial charge is 0.493 e. The van der Waals surface area contributed by atoms with Crippen molar-refractivity contribution in [3.63, 3.8) is 0 Å². The van der Waals surface area contributed by atoms with Crippen LogP contribution in [0.3, 0.4) is 0 Å². The summed E-state index contributed by atoms with van der Waals surface area (Å²) < 4.78 is 50.1. The number of halogens is 3. The van der Waals surface area contributed by atoms with Gasteiger partial charge in [-0.15, -0.1) is 0 Å². The molecule has 28 heavy (non-hydrogen) atoms. The molecule has 152 valence electrons. The molecule has 0 N–H and O–H groups in total. The number of hydrogen-bond donors (Lipinski definition) is 0. The van der Waals surface area contributed by atoms with Crippen LogP contribution in [-0.2, 0) is 19.3 Å². The second-order valence-electron chi connectivity index (χ2n) is 6.90. The number of nitrogens with zero attached hydrogens (tertiary/aromatic N) is 2. The maximum absolute atomic E-state index is 13.2. The molecule has 1 heterocycles. The maximum Gasteiger partial charge on any atom is 0.416 e. The highest BCUT2D eigenvalue weighted by Crippen LogP contribution is 2.32. The van der Waals surface area contributed by atoms with Crippen molar-refractivity contribution in [2.75, 3.05) is 40.4 Å². The summed E-state index contributed by atoms with van der Waals surface area (Å²) in [6.45, 7) is 4.18. The van der Waals surface area contributed by atoms with Crippen LogP contribution >= 0.6 is 0 Å². The van der Waals surface area contributed by atoms with Crippen LogP contribution in [0.2, 0.25) is 0 Å². The number of methoxy groups -OCH3 is 2. The van der Waals surface area contributed by atoms with Gasteiger partial charge >= 0.3 is 6.18 Å². The first-order valence-corrected chi connectivity index (χ1v) is 9.21. The van der Waals surface area contributed by atoms with E-state index in [2.05, 4.69) is 9.80 Å². The third-order valence-electron chi connectivity index (χ3n) is 5.04. The Balaban J connectivity index is 1.57. The van der Waals surface area contributed by atoms with Gasteiger partial charge in [0.15, 0.2) is 11.5 Å². The van der Waals surface area contributed by atoms with Crippen LogP contribution in [0, 0.1) is 0 Å². The third kappa shape index (κ3) is 4.97. The first kappa shape index (κ1) is 20.5. The van der Waals surface area contributed by atoms with Crippen LogP contribution in [0.5, 0.6) is 11.5 Å². The zero-order valence-electron chi connectivity index (χ0n) is 16.1. The van der Waals surface area contributed by atoms with E-state index in [-0.39, 0.29) is 0 Å². The summed E-state index contributed by atoms with van der Waals surface area (Å²) in [6.07, 6.45) is -4.31. The van der Waals surface area contributed by atoms with Crippen LogP contribution in [0.4, 0.5) is 13.2 Å². The molecule has 0 radical (unpaired) electrons. The van der Waals surface area contributed by atoms with Gasteiger partial charge in [0.2, 0.25) is 0 Å². The lowest BCUT2D eigenvalue weighted by Crippen LogP contribution is -2.45. The predicted octanol–water partition coefficient (Wildman–Crippen LogP) is 4.04. The van der Waals surface area contributed by atoms with Gasteiger partial charge in [0.25, 0.3) is 0 Å². The first-order valence-electron chi connectivity index (χ1n) is 9.21. The molecular weight excluding hydrogens is 369 g/mol. The Hall–Kier alpha value is -2.25. The number of hydrogen-bond acceptors (Lipinski definition) is 4. The average molecular weight is 394 g/mol. The van der Waals surface area contributed by atoms with E-state index >= 15 is 0 Å². The van der Waals surface area contributed by atoms with Gasteiger partial charge in [0, 0.05) is 39.3 Å². The van der Waals surface area contributed by atoms with Crippen molar-refractivity contribution in [3.8, 4) is 11.5 Å². The number of rotatable bonds is 6. The van der Waals surface area contributed by atoms with Crippen LogP contribution < -0.4 is 9.47 Å². The van der Waals surface area contributed by atoms with Gasteiger partial charge in [-0.05, 0) is 29.3 Å². The molecule has 0 saturated carbocycles. The molecule has 0 amide bonds. The Morgan fingerprint density at radius 3 is 2.04 bits per heavy atom. The molecular formula is C21H25F3N2O2. The highest BCUT2D eigenvalue weighted by molar-refractivity contribution is 5.42. The Morgan fingerprint density at radius 2 is 1.43 bits per heavy atom. The lowest BCUT2D eigenvalue weighted by atomic mass is 10.1. The van der Waals surface area contributed by atoms with Gasteiger partial charge in [0.05, 0.1) is 19.8 Å². The summed E-state index contributed by atoms with van der Waals surface area (Å²) in [5.74, 6) is 1.39. The van der Waals surface area contributed by atoms with Crippen LogP contribution in [0.25, 0.3) is 0 Å². The SMILES string of the molecule is COc1ccc(CN2CCN(Cc3ccccc3C(F)(F)F)CC2)cc1OC. The van der Waals surface area contributed by atoms with E-state index in [4.69, 9.17) is 9.47 Å². The summed E-state index contributed by atoms with van der Waals surface area (Å²) in [5.41, 5.74) is 0.916. The molecule has 2 aromatic rings. The van der Waals surface area contributed by atoms with E-state index in [9.17, 15) is 13.2 Å². The Bertz CT molecular complexity index is 787. The van der Waals surface area contributed by atoms with E-state index in [0.717, 1.165) is 44.4 Å². The smallest absolute Gasteiger partial charge is 0.416 e. The highest BCUT2D eigenvalue weighted by Gasteiger charge is 2.33. The average Bonchev–Trinajstić information content (AvgIpc) is 2.69. The molecule has 1 fully saturated rings. The van der Waals surface area contributed by atoms with Gasteiger partial charge in [-0.3, -0.25) is 9.80 Å². The van der Waals surface area contributed by atoms with Gasteiger partial charge in [0.1, 0.15) is 0 Å². The molecule has 2 aromatic carbocycles. The standard InChI is InChI=1S/C21H25F3N2O2/c1-27-19-8-7-16(13-20(19)28-2)14-25-9-11-26(12-10-25)15-17-5-3-4-6-18(17)21(22,23)24/h3-8,13H,9-12,14-15H2,1-2H3. The van der Waals surface area contributed by atoms with Crippen molar-refractivity contribution in [1.82, 2.24) is 9.80 Å². The molecule has 0 spiro atoms. The molecule has 0 atom stereocenters. The molecule has 0 bridgehead atoms. The molecule has 1 aliphatic rings. The zero-order chi connectivity index (χ0) is 20.1. The number of piperazine rings is 1. The summed E-state index contributed by atoms with van der Waals surface area (Å²) >= 11 is 0. The van der Waals surface area contributed by atoms with Gasteiger partial charge in [-0.2, -0.15) is 13.2 Å². The Kier molecular flexibility index (Phi) is 6.46. The lowest BCUT2D eigenvalue weighted by molar-refractivity contribution is -0.138. The molecule has 0 unspecified atom stereocenters. The molecule has 7 heteroatoms. The third-order valence-corrected chi connectivity index (χ3v) is 5.04. The molecule has 3 rings (SSSR count). The molecule has 0 aliphatic carbocycles. The summed E-state index contributed by atoms with van der Waals surface area (Å²) in [7, 11) is 3.22. The van der Waals surface area contributed by atoms with Gasteiger partial charge < -0.3 is 9.47 Å². The van der Waals surface area contributed by atoms with E-state index < -0.39 is 11.7 Å².